The van der Waals surface area contributed by atoms with Gasteiger partial charge in [0.1, 0.15) is 11.6 Å². The maximum absolute atomic E-state index is 13.8. The molecule has 0 atom stereocenters. The van der Waals surface area contributed by atoms with E-state index in [0.29, 0.717) is 22.5 Å². The van der Waals surface area contributed by atoms with Crippen molar-refractivity contribution in [2.45, 2.75) is 40.7 Å². The first kappa shape index (κ1) is 31.4. The molecule has 1 aromatic heterocycles. The third-order valence-electron chi connectivity index (χ3n) is 8.09. The van der Waals surface area contributed by atoms with Gasteiger partial charge in [-0.1, -0.05) is 47.5 Å². The molecule has 1 amide bonds. The molecular weight excluding hydrogens is 572 g/mol. The number of carbonyl (C=O) groups is 1. The number of halogens is 1. The number of nitrogens with one attached hydrogen (secondary N) is 1. The zero-order chi connectivity index (χ0) is 31.2. The second-order valence-electron chi connectivity index (χ2n) is 11.7. The average molecular weight is 613 g/mol. The summed E-state index contributed by atoms with van der Waals surface area (Å²) in [6, 6.07) is 19.7. The summed E-state index contributed by atoms with van der Waals surface area (Å²) in [5, 5.41) is 3.89. The largest absolute Gasteiger partial charge is 0.421 e. The molecule has 0 saturated carbocycles. The number of aryl methyl sites for hydroxylation is 4. The van der Waals surface area contributed by atoms with E-state index in [-0.39, 0.29) is 6.54 Å². The number of carbonyl (C=O) groups excluding carboxylic acids is 1. The van der Waals surface area contributed by atoms with Gasteiger partial charge in [-0.2, -0.15) is 4.98 Å². The molecule has 0 aliphatic carbocycles. The number of hydrogen-bond donors (Lipinski definition) is 1. The van der Waals surface area contributed by atoms with Gasteiger partial charge in [0.15, 0.2) is 0 Å². The summed E-state index contributed by atoms with van der Waals surface area (Å²) in [4.78, 5) is 29.4. The van der Waals surface area contributed by atoms with Crippen LogP contribution in [0.25, 0.3) is 0 Å². The van der Waals surface area contributed by atoms with Gasteiger partial charge in [0.05, 0.1) is 6.54 Å². The van der Waals surface area contributed by atoms with Gasteiger partial charge in [0.25, 0.3) is 0 Å². The molecule has 4 aromatic rings. The van der Waals surface area contributed by atoms with Crippen molar-refractivity contribution < 1.29 is 9.53 Å². The Kier molecular flexibility index (Phi) is 10.1. The van der Waals surface area contributed by atoms with Crippen LogP contribution >= 0.6 is 11.6 Å². The fourth-order valence-electron chi connectivity index (χ4n) is 5.49. The van der Waals surface area contributed by atoms with Gasteiger partial charge in [-0.05, 0) is 99.3 Å². The molecule has 1 fully saturated rings. The van der Waals surface area contributed by atoms with Crippen molar-refractivity contribution in [1.29, 1.82) is 0 Å². The lowest BCUT2D eigenvalue weighted by Crippen LogP contribution is -2.45. The van der Waals surface area contributed by atoms with E-state index >= 15 is 0 Å². The first-order valence-electron chi connectivity index (χ1n) is 15.1. The molecule has 3 aromatic carbocycles. The van der Waals surface area contributed by atoms with Crippen LogP contribution in [-0.2, 0) is 13.0 Å². The van der Waals surface area contributed by atoms with Crippen molar-refractivity contribution in [2.24, 2.45) is 0 Å². The highest BCUT2D eigenvalue weighted by Gasteiger charge is 2.23. The summed E-state index contributed by atoms with van der Waals surface area (Å²) in [7, 11) is 2.18. The van der Waals surface area contributed by atoms with Crippen LogP contribution in [0.3, 0.4) is 0 Å². The van der Waals surface area contributed by atoms with Gasteiger partial charge in [0, 0.05) is 49.6 Å². The Balaban J connectivity index is 1.33. The molecule has 2 heterocycles. The Labute approximate surface area is 265 Å². The van der Waals surface area contributed by atoms with Crippen LogP contribution in [-0.4, -0.2) is 65.6 Å². The van der Waals surface area contributed by atoms with E-state index in [1.807, 2.05) is 70.2 Å². The Bertz CT molecular complexity index is 1580. The summed E-state index contributed by atoms with van der Waals surface area (Å²) in [5.41, 5.74) is 6.97. The van der Waals surface area contributed by atoms with Crippen molar-refractivity contribution in [3.05, 3.63) is 105 Å². The fourth-order valence-corrected chi connectivity index (χ4v) is 5.69. The number of ether oxygens (including phenoxy) is 1. The van der Waals surface area contributed by atoms with E-state index in [1.54, 1.807) is 12.3 Å². The van der Waals surface area contributed by atoms with Crippen molar-refractivity contribution >= 4 is 35.1 Å². The summed E-state index contributed by atoms with van der Waals surface area (Å²) in [6.07, 6.45) is 2.12. The van der Waals surface area contributed by atoms with Gasteiger partial charge >= 0.3 is 6.09 Å². The maximum atomic E-state index is 13.8. The molecule has 1 saturated heterocycles. The van der Waals surface area contributed by atoms with E-state index in [0.717, 1.165) is 72.6 Å². The summed E-state index contributed by atoms with van der Waals surface area (Å²) in [5.74, 6) is 1.35. The molecule has 5 rings (SSSR count). The molecule has 0 unspecified atom stereocenters. The van der Waals surface area contributed by atoms with E-state index in [4.69, 9.17) is 21.3 Å². The molecule has 1 aliphatic heterocycles. The van der Waals surface area contributed by atoms with Crippen LogP contribution < -0.4 is 15.0 Å². The Morgan fingerprint density at radius 2 is 1.64 bits per heavy atom. The van der Waals surface area contributed by atoms with Gasteiger partial charge in [-0.3, -0.25) is 4.90 Å². The number of benzene rings is 3. The highest BCUT2D eigenvalue weighted by molar-refractivity contribution is 6.30. The molecule has 1 N–H and O–H groups in total. The van der Waals surface area contributed by atoms with Crippen LogP contribution in [0.2, 0.25) is 5.02 Å². The topological polar surface area (TPSA) is 73.8 Å². The average Bonchev–Trinajstić information content (AvgIpc) is 3.00. The number of amides is 1. The van der Waals surface area contributed by atoms with E-state index in [1.165, 1.54) is 10.5 Å². The van der Waals surface area contributed by atoms with Crippen LogP contribution in [0.15, 0.2) is 66.9 Å². The van der Waals surface area contributed by atoms with Crippen LogP contribution in [0.4, 0.5) is 22.2 Å². The highest BCUT2D eigenvalue weighted by atomic mass is 35.5. The van der Waals surface area contributed by atoms with Crippen LogP contribution in [0.5, 0.6) is 5.75 Å². The molecule has 0 spiro atoms. The zero-order valence-electron chi connectivity index (χ0n) is 26.2. The van der Waals surface area contributed by atoms with Crippen molar-refractivity contribution in [2.75, 3.05) is 50.0 Å². The minimum atomic E-state index is -0.534. The lowest BCUT2D eigenvalue weighted by Gasteiger charge is -2.32. The van der Waals surface area contributed by atoms with Crippen molar-refractivity contribution in [1.82, 2.24) is 19.8 Å². The normalized spacial score (nSPS) is 14.0. The predicted octanol–water partition coefficient (Wildman–Crippen LogP) is 7.10. The SMILES string of the molecule is Cc1cc(C)c(OC(=O)N(Cc2cc(Cl)ccc2C)c2ccnc(Nc3ccc(CCN4CCN(C)CC4)cc3)n2)c(C)c1. The van der Waals surface area contributed by atoms with E-state index in [9.17, 15) is 4.79 Å². The number of aromatic nitrogens is 2. The standard InChI is InChI=1S/C35H41ClN6O2/c1-24-20-26(3)33(27(4)21-24)44-35(43)42(23-29-22-30(36)9-6-25(29)2)32-12-14-37-34(39-32)38-31-10-7-28(8-11-31)13-15-41-18-16-40(5)17-19-41/h6-12,14,20-22H,13,15-19,23H2,1-5H3,(H,37,38,39). The quantitative estimate of drug-likeness (QED) is 0.216. The molecule has 44 heavy (non-hydrogen) atoms. The number of piperazine rings is 1. The Morgan fingerprint density at radius 3 is 2.34 bits per heavy atom. The number of likely N-dealkylation sites (N-methyl/N-ethyl adjacent to an activating group) is 1. The smallest absolute Gasteiger partial charge is 0.409 e. The molecule has 1 aliphatic rings. The van der Waals surface area contributed by atoms with Crippen molar-refractivity contribution in [3.63, 3.8) is 0 Å². The summed E-state index contributed by atoms with van der Waals surface area (Å²) < 4.78 is 6.00. The summed E-state index contributed by atoms with van der Waals surface area (Å²) in [6.45, 7) is 13.7. The first-order chi connectivity index (χ1) is 21.1. The summed E-state index contributed by atoms with van der Waals surface area (Å²) >= 11 is 6.33. The Morgan fingerprint density at radius 1 is 0.932 bits per heavy atom. The third-order valence-corrected chi connectivity index (χ3v) is 8.33. The number of anilines is 3. The molecule has 9 heteroatoms. The molecule has 8 nitrogen and oxygen atoms in total. The lowest BCUT2D eigenvalue weighted by molar-refractivity contribution is 0.155. The maximum Gasteiger partial charge on any atom is 0.421 e. The van der Waals surface area contributed by atoms with Crippen LogP contribution in [0.1, 0.15) is 33.4 Å². The minimum Gasteiger partial charge on any atom is -0.409 e. The number of hydrogen-bond acceptors (Lipinski definition) is 7. The molecular formula is C35H41ClN6O2. The second kappa shape index (κ2) is 14.2. The van der Waals surface area contributed by atoms with E-state index < -0.39 is 6.09 Å². The van der Waals surface area contributed by atoms with Gasteiger partial charge in [0.2, 0.25) is 5.95 Å². The van der Waals surface area contributed by atoms with Crippen LogP contribution in [0, 0.1) is 27.7 Å². The van der Waals surface area contributed by atoms with Gasteiger partial charge in [-0.25, -0.2) is 9.78 Å². The fraction of sp³-hybridized carbons (Fsp3) is 0.343. The van der Waals surface area contributed by atoms with E-state index in [2.05, 4.69) is 39.3 Å². The zero-order valence-corrected chi connectivity index (χ0v) is 27.0. The number of nitrogens with zero attached hydrogens (tertiary/aromatic N) is 5. The van der Waals surface area contributed by atoms with Gasteiger partial charge < -0.3 is 19.9 Å². The second-order valence-corrected chi connectivity index (χ2v) is 12.1. The number of rotatable bonds is 9. The molecule has 0 bridgehead atoms. The molecule has 230 valence electrons. The molecule has 0 radical (unpaired) electrons. The monoisotopic (exact) mass is 612 g/mol. The Hall–Kier alpha value is -3.98. The van der Waals surface area contributed by atoms with Crippen molar-refractivity contribution in [3.8, 4) is 5.75 Å². The predicted molar refractivity (Wildman–Crippen MR) is 178 cm³/mol. The third kappa shape index (κ3) is 8.14. The highest BCUT2D eigenvalue weighted by Crippen LogP contribution is 2.28. The lowest BCUT2D eigenvalue weighted by atomic mass is 10.1. The van der Waals surface area contributed by atoms with Gasteiger partial charge in [-0.15, -0.1) is 0 Å². The minimum absolute atomic E-state index is 0.230. The first-order valence-corrected chi connectivity index (χ1v) is 15.4.